The van der Waals surface area contributed by atoms with Crippen molar-refractivity contribution in [2.45, 2.75) is 12.5 Å². The van der Waals surface area contributed by atoms with Crippen LogP contribution in [-0.2, 0) is 6.42 Å². The van der Waals surface area contributed by atoms with Crippen molar-refractivity contribution >= 4 is 22.0 Å². The highest BCUT2D eigenvalue weighted by Crippen LogP contribution is 2.32. The lowest BCUT2D eigenvalue weighted by molar-refractivity contribution is 0.106. The van der Waals surface area contributed by atoms with E-state index in [-0.39, 0.29) is 17.4 Å². The third-order valence-electron chi connectivity index (χ3n) is 4.40. The van der Waals surface area contributed by atoms with E-state index >= 15 is 0 Å². The van der Waals surface area contributed by atoms with Gasteiger partial charge in [-0.2, -0.15) is 0 Å². The Morgan fingerprint density at radius 1 is 1.17 bits per heavy atom. The van der Waals surface area contributed by atoms with Gasteiger partial charge >= 0.3 is 4.87 Å². The first-order valence-corrected chi connectivity index (χ1v) is 10.2. The van der Waals surface area contributed by atoms with E-state index in [1.807, 2.05) is 54.6 Å². The van der Waals surface area contributed by atoms with Crippen LogP contribution in [0.3, 0.4) is 0 Å². The Kier molecular flexibility index (Phi) is 7.29. The minimum Gasteiger partial charge on any atom is -0.492 e. The van der Waals surface area contributed by atoms with Crippen LogP contribution in [0, 0.1) is 0 Å². The molecule has 1 atom stereocenters. The molecular weight excluding hydrogens is 390 g/mol. The lowest BCUT2D eigenvalue weighted by Gasteiger charge is -2.17. The second-order valence-corrected chi connectivity index (χ2v) is 7.59. The maximum absolute atomic E-state index is 11.4. The molecule has 0 saturated carbocycles. The van der Waals surface area contributed by atoms with Gasteiger partial charge in [-0.1, -0.05) is 41.7 Å². The third-order valence-corrected chi connectivity index (χ3v) is 5.34. The van der Waals surface area contributed by atoms with Crippen LogP contribution >= 0.6 is 11.3 Å². The number of anilines is 2. The zero-order chi connectivity index (χ0) is 20.6. The molecule has 0 bridgehead atoms. The molecule has 3 aromatic rings. The fourth-order valence-electron chi connectivity index (χ4n) is 2.81. The van der Waals surface area contributed by atoms with Crippen molar-refractivity contribution in [1.29, 1.82) is 0 Å². The number of aromatic hydroxyl groups is 1. The number of thiazole rings is 1. The number of para-hydroxylation sites is 1. The van der Waals surface area contributed by atoms with Gasteiger partial charge in [0.05, 0.1) is 0 Å². The molecule has 1 heterocycles. The Balaban J connectivity index is 1.40. The van der Waals surface area contributed by atoms with Crippen molar-refractivity contribution in [2.24, 2.45) is 0 Å². The van der Waals surface area contributed by atoms with Gasteiger partial charge in [0, 0.05) is 19.3 Å². The molecule has 4 N–H and O–H groups in total. The zero-order valence-corrected chi connectivity index (χ0v) is 17.0. The Bertz CT molecular complexity index is 941. The van der Waals surface area contributed by atoms with Crippen LogP contribution in [0.25, 0.3) is 0 Å². The van der Waals surface area contributed by atoms with Crippen LogP contribution in [0.1, 0.15) is 5.56 Å². The van der Waals surface area contributed by atoms with Crippen LogP contribution < -0.4 is 19.8 Å². The molecule has 0 saturated heterocycles. The number of aromatic amines is 1. The number of hydrogen-bond donors (Lipinski definition) is 4. The third kappa shape index (κ3) is 6.08. The van der Waals surface area contributed by atoms with Gasteiger partial charge in [-0.3, -0.25) is 9.78 Å². The van der Waals surface area contributed by atoms with Crippen molar-refractivity contribution in [3.05, 3.63) is 69.8 Å². The Labute approximate surface area is 173 Å². The van der Waals surface area contributed by atoms with Crippen molar-refractivity contribution in [2.75, 3.05) is 31.6 Å². The number of aliphatic hydroxyl groups is 1. The molecule has 29 heavy (non-hydrogen) atoms. The van der Waals surface area contributed by atoms with Crippen molar-refractivity contribution in [3.63, 3.8) is 0 Å². The standard InChI is InChI=1S/C21H25N3O4S/c1-24(20-19(26)23-21(27)29-20)16-9-7-15(8-10-16)11-12-22-13-17(25)14-28-18-5-3-2-4-6-18/h2-10,17,22,25-26H,11-14H2,1H3,(H,23,27)/t17-/m0/s1. The summed E-state index contributed by atoms with van der Waals surface area (Å²) < 4.78 is 5.53. The highest BCUT2D eigenvalue weighted by atomic mass is 32.1. The molecule has 0 aliphatic rings. The molecule has 0 unspecified atom stereocenters. The quantitative estimate of drug-likeness (QED) is 0.380. The lowest BCUT2D eigenvalue weighted by Crippen LogP contribution is -2.32. The zero-order valence-electron chi connectivity index (χ0n) is 16.2. The van der Waals surface area contributed by atoms with Gasteiger partial charge in [-0.15, -0.1) is 0 Å². The fourth-order valence-corrected chi connectivity index (χ4v) is 3.53. The molecule has 7 nitrogen and oxygen atoms in total. The van der Waals surface area contributed by atoms with Crippen LogP contribution in [0.5, 0.6) is 11.6 Å². The molecule has 2 aromatic carbocycles. The summed E-state index contributed by atoms with van der Waals surface area (Å²) in [5.74, 6) is 0.627. The van der Waals surface area contributed by atoms with Gasteiger partial charge in [0.25, 0.3) is 0 Å². The fraction of sp³-hybridized carbons (Fsp3) is 0.286. The Hall–Kier alpha value is -2.81. The van der Waals surface area contributed by atoms with Gasteiger partial charge in [-0.05, 0) is 42.8 Å². The first kappa shape index (κ1) is 20.9. The molecule has 0 aliphatic carbocycles. The average molecular weight is 416 g/mol. The maximum atomic E-state index is 11.4. The second kappa shape index (κ2) is 10.1. The van der Waals surface area contributed by atoms with E-state index in [4.69, 9.17) is 4.74 Å². The van der Waals surface area contributed by atoms with Gasteiger partial charge in [0.15, 0.2) is 5.00 Å². The largest absolute Gasteiger partial charge is 0.492 e. The number of aromatic nitrogens is 1. The lowest BCUT2D eigenvalue weighted by atomic mass is 10.1. The Morgan fingerprint density at radius 2 is 1.90 bits per heavy atom. The molecular formula is C21H25N3O4S. The number of H-pyrrole nitrogens is 1. The number of benzene rings is 2. The van der Waals surface area contributed by atoms with Crippen molar-refractivity contribution in [1.82, 2.24) is 10.3 Å². The molecule has 3 rings (SSSR count). The number of nitrogens with zero attached hydrogens (tertiary/aromatic N) is 1. The molecule has 8 heteroatoms. The van der Waals surface area contributed by atoms with Gasteiger partial charge in [0.2, 0.25) is 5.88 Å². The summed E-state index contributed by atoms with van der Waals surface area (Å²) in [4.78, 5) is 15.2. The predicted octanol–water partition coefficient (Wildman–Crippen LogP) is 2.48. The van der Waals surface area contributed by atoms with E-state index in [9.17, 15) is 15.0 Å². The summed E-state index contributed by atoms with van der Waals surface area (Å²) in [6.07, 6.45) is 0.242. The number of hydrogen-bond acceptors (Lipinski definition) is 7. The SMILES string of the molecule is CN(c1ccc(CCNC[C@H](O)COc2ccccc2)cc1)c1sc(=O)[nH]c1O. The van der Waals surface area contributed by atoms with Gasteiger partial charge in [0.1, 0.15) is 18.5 Å². The highest BCUT2D eigenvalue weighted by molar-refractivity contribution is 7.13. The summed E-state index contributed by atoms with van der Waals surface area (Å²) in [5.41, 5.74) is 2.02. The summed E-state index contributed by atoms with van der Waals surface area (Å²) in [7, 11) is 1.80. The van der Waals surface area contributed by atoms with E-state index < -0.39 is 6.10 Å². The molecule has 1 aromatic heterocycles. The topological polar surface area (TPSA) is 97.8 Å². The molecule has 0 radical (unpaired) electrons. The van der Waals surface area contributed by atoms with E-state index in [2.05, 4.69) is 10.3 Å². The number of aliphatic hydroxyl groups excluding tert-OH is 1. The first-order chi connectivity index (χ1) is 14.0. The normalized spacial score (nSPS) is 11.9. The van der Waals surface area contributed by atoms with E-state index in [0.717, 1.165) is 41.3 Å². The van der Waals surface area contributed by atoms with Crippen molar-refractivity contribution < 1.29 is 14.9 Å². The monoisotopic (exact) mass is 415 g/mol. The number of ether oxygens (including phenoxy) is 1. The molecule has 0 fully saturated rings. The molecule has 0 amide bonds. The average Bonchev–Trinajstić information content (AvgIpc) is 3.08. The van der Waals surface area contributed by atoms with Crippen LogP contribution in [-0.4, -0.2) is 48.0 Å². The summed E-state index contributed by atoms with van der Waals surface area (Å²) in [5, 5.41) is 23.5. The summed E-state index contributed by atoms with van der Waals surface area (Å²) >= 11 is 0.964. The van der Waals surface area contributed by atoms with Crippen LogP contribution in [0.15, 0.2) is 59.4 Å². The Morgan fingerprint density at radius 3 is 2.55 bits per heavy atom. The summed E-state index contributed by atoms with van der Waals surface area (Å²) in [6, 6.07) is 17.3. The number of nitrogens with one attached hydrogen (secondary N) is 2. The van der Waals surface area contributed by atoms with Gasteiger partial charge < -0.3 is 25.2 Å². The number of rotatable bonds is 10. The minimum atomic E-state index is -0.576. The predicted molar refractivity (Wildman–Crippen MR) is 116 cm³/mol. The smallest absolute Gasteiger partial charge is 0.309 e. The first-order valence-electron chi connectivity index (χ1n) is 9.34. The van der Waals surface area contributed by atoms with E-state index in [0.29, 0.717) is 11.5 Å². The van der Waals surface area contributed by atoms with E-state index in [1.54, 1.807) is 11.9 Å². The van der Waals surface area contributed by atoms with E-state index in [1.165, 1.54) is 0 Å². The molecule has 0 spiro atoms. The van der Waals surface area contributed by atoms with Gasteiger partial charge in [-0.25, -0.2) is 0 Å². The maximum Gasteiger partial charge on any atom is 0.309 e. The minimum absolute atomic E-state index is 0.120. The summed E-state index contributed by atoms with van der Waals surface area (Å²) in [6.45, 7) is 1.44. The van der Waals surface area contributed by atoms with Crippen molar-refractivity contribution in [3.8, 4) is 11.6 Å². The van der Waals surface area contributed by atoms with Crippen LogP contribution in [0.4, 0.5) is 10.7 Å². The molecule has 154 valence electrons. The highest BCUT2D eigenvalue weighted by Gasteiger charge is 2.13. The van der Waals surface area contributed by atoms with Crippen LogP contribution in [0.2, 0.25) is 0 Å². The molecule has 0 aliphatic heterocycles. The second-order valence-electron chi connectivity index (χ2n) is 6.63.